The van der Waals surface area contributed by atoms with Gasteiger partial charge in [-0.15, -0.1) is 11.3 Å². The summed E-state index contributed by atoms with van der Waals surface area (Å²) in [6, 6.07) is 0.455. The van der Waals surface area contributed by atoms with Crippen molar-refractivity contribution < 1.29 is 0 Å². The topological polar surface area (TPSA) is 24.9 Å². The van der Waals surface area contributed by atoms with Crippen LogP contribution in [-0.4, -0.2) is 11.5 Å². The fourth-order valence-electron chi connectivity index (χ4n) is 1.98. The number of aromatic nitrogens is 1. The zero-order valence-electron chi connectivity index (χ0n) is 10.7. The van der Waals surface area contributed by atoms with Crippen LogP contribution in [0.4, 0.5) is 0 Å². The smallest absolute Gasteiger partial charge is 0.0795 e. The van der Waals surface area contributed by atoms with Gasteiger partial charge in [0, 0.05) is 5.38 Å². The molecule has 0 fully saturated rings. The van der Waals surface area contributed by atoms with E-state index in [0.717, 1.165) is 12.5 Å². The summed E-state index contributed by atoms with van der Waals surface area (Å²) in [5, 5.41) is 5.79. The fraction of sp³-hybridized carbons (Fsp3) is 0.769. The van der Waals surface area contributed by atoms with Crippen molar-refractivity contribution >= 4 is 11.3 Å². The highest BCUT2D eigenvalue weighted by Gasteiger charge is 2.16. The number of nitrogens with zero attached hydrogens (tertiary/aromatic N) is 1. The highest BCUT2D eigenvalue weighted by molar-refractivity contribution is 7.07. The second-order valence-electron chi connectivity index (χ2n) is 4.34. The predicted octanol–water partition coefficient (Wildman–Crippen LogP) is 4.01. The van der Waals surface area contributed by atoms with E-state index in [1.54, 1.807) is 11.3 Å². The predicted molar refractivity (Wildman–Crippen MR) is 71.8 cm³/mol. The van der Waals surface area contributed by atoms with Gasteiger partial charge in [-0.2, -0.15) is 0 Å². The largest absolute Gasteiger partial charge is 0.309 e. The monoisotopic (exact) mass is 240 g/mol. The molecule has 0 spiro atoms. The Morgan fingerprint density at radius 3 is 2.56 bits per heavy atom. The summed E-state index contributed by atoms with van der Waals surface area (Å²) in [7, 11) is 0. The first-order valence-electron chi connectivity index (χ1n) is 6.43. The maximum absolute atomic E-state index is 4.45. The normalized spacial score (nSPS) is 13.2. The minimum absolute atomic E-state index is 0.455. The SMILES string of the molecule is CCCNC(CC(CC)CC)c1cscn1. The third-order valence-corrected chi connectivity index (χ3v) is 3.78. The highest BCUT2D eigenvalue weighted by atomic mass is 32.1. The fourth-order valence-corrected chi connectivity index (χ4v) is 2.58. The molecule has 1 N–H and O–H groups in total. The Morgan fingerprint density at radius 2 is 2.06 bits per heavy atom. The molecule has 2 nitrogen and oxygen atoms in total. The molecule has 1 atom stereocenters. The maximum atomic E-state index is 4.45. The first-order valence-corrected chi connectivity index (χ1v) is 7.37. The molecule has 1 heterocycles. The van der Waals surface area contributed by atoms with Gasteiger partial charge in [-0.3, -0.25) is 0 Å². The number of thiazole rings is 1. The summed E-state index contributed by atoms with van der Waals surface area (Å²) in [6.07, 6.45) is 4.94. The van der Waals surface area contributed by atoms with Gasteiger partial charge in [0.2, 0.25) is 0 Å². The van der Waals surface area contributed by atoms with Crippen LogP contribution in [0, 0.1) is 5.92 Å². The second kappa shape index (κ2) is 7.80. The van der Waals surface area contributed by atoms with Crippen molar-refractivity contribution in [1.82, 2.24) is 10.3 Å². The molecule has 1 rings (SSSR count). The van der Waals surface area contributed by atoms with Crippen LogP contribution in [0.5, 0.6) is 0 Å². The molecule has 0 amide bonds. The van der Waals surface area contributed by atoms with E-state index in [4.69, 9.17) is 0 Å². The number of rotatable bonds is 8. The zero-order valence-corrected chi connectivity index (χ0v) is 11.5. The van der Waals surface area contributed by atoms with Crippen LogP contribution in [0.2, 0.25) is 0 Å². The van der Waals surface area contributed by atoms with Crippen molar-refractivity contribution in [2.75, 3.05) is 6.54 Å². The third-order valence-electron chi connectivity index (χ3n) is 3.17. The zero-order chi connectivity index (χ0) is 11.8. The van der Waals surface area contributed by atoms with E-state index in [1.165, 1.54) is 31.4 Å². The van der Waals surface area contributed by atoms with Gasteiger partial charge in [-0.1, -0.05) is 33.6 Å². The minimum Gasteiger partial charge on any atom is -0.309 e. The van der Waals surface area contributed by atoms with Crippen molar-refractivity contribution in [3.05, 3.63) is 16.6 Å². The van der Waals surface area contributed by atoms with E-state index in [0.29, 0.717) is 6.04 Å². The van der Waals surface area contributed by atoms with Crippen molar-refractivity contribution in [1.29, 1.82) is 0 Å². The highest BCUT2D eigenvalue weighted by Crippen LogP contribution is 2.25. The second-order valence-corrected chi connectivity index (χ2v) is 5.06. The molecule has 0 aliphatic carbocycles. The van der Waals surface area contributed by atoms with Crippen LogP contribution in [0.15, 0.2) is 10.9 Å². The van der Waals surface area contributed by atoms with Gasteiger partial charge in [-0.05, 0) is 25.3 Å². The molecular weight excluding hydrogens is 216 g/mol. The summed E-state index contributed by atoms with van der Waals surface area (Å²) in [5.74, 6) is 0.816. The first-order chi connectivity index (χ1) is 7.81. The Hall–Kier alpha value is -0.410. The molecule has 92 valence electrons. The van der Waals surface area contributed by atoms with E-state index in [2.05, 4.69) is 36.5 Å². The van der Waals surface area contributed by atoms with Gasteiger partial charge in [0.05, 0.1) is 17.2 Å². The standard InChI is InChI=1S/C13H24N2S/c1-4-7-14-12(8-11(5-2)6-3)13-9-16-10-15-13/h9-12,14H,4-8H2,1-3H3. The summed E-state index contributed by atoms with van der Waals surface area (Å²) in [5.41, 5.74) is 3.16. The van der Waals surface area contributed by atoms with Gasteiger partial charge in [0.25, 0.3) is 0 Å². The average Bonchev–Trinajstić information content (AvgIpc) is 2.83. The molecule has 0 saturated carbocycles. The lowest BCUT2D eigenvalue weighted by atomic mass is 9.93. The molecule has 16 heavy (non-hydrogen) atoms. The van der Waals surface area contributed by atoms with Gasteiger partial charge >= 0.3 is 0 Å². The Balaban J connectivity index is 2.56. The van der Waals surface area contributed by atoms with Crippen molar-refractivity contribution in [2.24, 2.45) is 5.92 Å². The van der Waals surface area contributed by atoms with Crippen LogP contribution < -0.4 is 5.32 Å². The van der Waals surface area contributed by atoms with Crippen LogP contribution >= 0.6 is 11.3 Å². The third kappa shape index (κ3) is 4.22. The molecule has 3 heteroatoms. The van der Waals surface area contributed by atoms with Gasteiger partial charge < -0.3 is 5.32 Å². The number of hydrogen-bond acceptors (Lipinski definition) is 3. The Labute approximate surface area is 103 Å². The van der Waals surface area contributed by atoms with E-state index in [1.807, 2.05) is 5.51 Å². The van der Waals surface area contributed by atoms with Crippen molar-refractivity contribution in [3.8, 4) is 0 Å². The van der Waals surface area contributed by atoms with E-state index in [-0.39, 0.29) is 0 Å². The Bertz CT molecular complexity index is 255. The molecule has 0 aromatic carbocycles. The molecule has 0 saturated heterocycles. The quantitative estimate of drug-likeness (QED) is 0.742. The van der Waals surface area contributed by atoms with Gasteiger partial charge in [0.1, 0.15) is 0 Å². The van der Waals surface area contributed by atoms with E-state index >= 15 is 0 Å². The lowest BCUT2D eigenvalue weighted by Crippen LogP contribution is -2.24. The van der Waals surface area contributed by atoms with Crippen molar-refractivity contribution in [2.45, 2.75) is 52.5 Å². The van der Waals surface area contributed by atoms with E-state index < -0.39 is 0 Å². The Kier molecular flexibility index (Phi) is 6.65. The molecular formula is C13H24N2S. The number of hydrogen-bond donors (Lipinski definition) is 1. The molecule has 0 radical (unpaired) electrons. The summed E-state index contributed by atoms with van der Waals surface area (Å²) >= 11 is 1.69. The molecule has 0 bridgehead atoms. The summed E-state index contributed by atoms with van der Waals surface area (Å²) in [6.45, 7) is 7.86. The first kappa shape index (κ1) is 13.7. The maximum Gasteiger partial charge on any atom is 0.0795 e. The number of nitrogens with one attached hydrogen (secondary N) is 1. The summed E-state index contributed by atoms with van der Waals surface area (Å²) in [4.78, 5) is 4.45. The van der Waals surface area contributed by atoms with Crippen LogP contribution in [0.3, 0.4) is 0 Å². The summed E-state index contributed by atoms with van der Waals surface area (Å²) < 4.78 is 0. The van der Waals surface area contributed by atoms with E-state index in [9.17, 15) is 0 Å². The molecule has 1 unspecified atom stereocenters. The molecule has 0 aliphatic heterocycles. The molecule has 0 aliphatic rings. The Morgan fingerprint density at radius 1 is 1.31 bits per heavy atom. The van der Waals surface area contributed by atoms with Gasteiger partial charge in [0.15, 0.2) is 0 Å². The van der Waals surface area contributed by atoms with Crippen LogP contribution in [-0.2, 0) is 0 Å². The molecule has 1 aromatic heterocycles. The molecule has 1 aromatic rings. The lowest BCUT2D eigenvalue weighted by Gasteiger charge is -2.21. The minimum atomic E-state index is 0.455. The van der Waals surface area contributed by atoms with Gasteiger partial charge in [-0.25, -0.2) is 4.98 Å². The van der Waals surface area contributed by atoms with Crippen molar-refractivity contribution in [3.63, 3.8) is 0 Å². The lowest BCUT2D eigenvalue weighted by molar-refractivity contribution is 0.367. The average molecular weight is 240 g/mol. The van der Waals surface area contributed by atoms with Crippen LogP contribution in [0.1, 0.15) is 58.2 Å². The van der Waals surface area contributed by atoms with Crippen LogP contribution in [0.25, 0.3) is 0 Å².